The van der Waals surface area contributed by atoms with E-state index in [1.807, 2.05) is 19.3 Å². The summed E-state index contributed by atoms with van der Waals surface area (Å²) in [6.45, 7) is 3.55. The largest absolute Gasteiger partial charge is 0.355 e. The first-order chi connectivity index (χ1) is 7.76. The molecule has 0 bridgehead atoms. The van der Waals surface area contributed by atoms with Gasteiger partial charge in [0.1, 0.15) is 0 Å². The molecule has 1 rings (SSSR count). The van der Waals surface area contributed by atoms with Gasteiger partial charge < -0.3 is 5.32 Å². The summed E-state index contributed by atoms with van der Waals surface area (Å²) in [6.07, 6.45) is 4.14. The Kier molecular flexibility index (Phi) is 5.35. The predicted octanol–water partition coefficient (Wildman–Crippen LogP) is 0.129. The SMILES string of the molecule is CCCCNC(=NCc1ccn(C)n1)NN. The van der Waals surface area contributed by atoms with Crippen LogP contribution in [0.15, 0.2) is 17.3 Å². The summed E-state index contributed by atoms with van der Waals surface area (Å²) in [4.78, 5) is 4.29. The highest BCUT2D eigenvalue weighted by atomic mass is 15.3. The molecule has 6 nitrogen and oxygen atoms in total. The van der Waals surface area contributed by atoms with Crippen molar-refractivity contribution in [1.82, 2.24) is 20.5 Å². The minimum Gasteiger partial charge on any atom is -0.355 e. The lowest BCUT2D eigenvalue weighted by Gasteiger charge is -2.07. The second kappa shape index (κ2) is 6.84. The maximum atomic E-state index is 5.36. The minimum atomic E-state index is 0.527. The summed E-state index contributed by atoms with van der Waals surface area (Å²) in [5.74, 6) is 5.97. The van der Waals surface area contributed by atoms with E-state index in [0.29, 0.717) is 12.5 Å². The number of aromatic nitrogens is 2. The monoisotopic (exact) mass is 224 g/mol. The van der Waals surface area contributed by atoms with Gasteiger partial charge in [0.2, 0.25) is 5.96 Å². The molecule has 1 heterocycles. The molecular weight excluding hydrogens is 204 g/mol. The summed E-state index contributed by atoms with van der Waals surface area (Å²) < 4.78 is 1.75. The average Bonchev–Trinajstić information content (AvgIpc) is 2.69. The second-order valence-corrected chi connectivity index (χ2v) is 3.57. The van der Waals surface area contributed by atoms with E-state index in [1.165, 1.54) is 0 Å². The molecule has 90 valence electrons. The number of nitrogens with two attached hydrogens (primary N) is 1. The molecule has 0 aliphatic rings. The summed E-state index contributed by atoms with van der Waals surface area (Å²) in [7, 11) is 1.88. The summed E-state index contributed by atoms with van der Waals surface area (Å²) in [5.41, 5.74) is 3.47. The van der Waals surface area contributed by atoms with Crippen molar-refractivity contribution in [3.8, 4) is 0 Å². The Morgan fingerprint density at radius 3 is 3.00 bits per heavy atom. The molecule has 6 heteroatoms. The van der Waals surface area contributed by atoms with Crippen LogP contribution in [-0.2, 0) is 13.6 Å². The van der Waals surface area contributed by atoms with Crippen molar-refractivity contribution in [3.63, 3.8) is 0 Å². The zero-order valence-electron chi connectivity index (χ0n) is 9.90. The first-order valence-corrected chi connectivity index (χ1v) is 5.49. The van der Waals surface area contributed by atoms with Gasteiger partial charge in [0, 0.05) is 19.8 Å². The highest BCUT2D eigenvalue weighted by Crippen LogP contribution is 1.95. The van der Waals surface area contributed by atoms with Crippen LogP contribution in [0.2, 0.25) is 0 Å². The number of hydrogen-bond donors (Lipinski definition) is 3. The standard InChI is InChI=1S/C10H20N6/c1-3-4-6-12-10(14-11)13-8-9-5-7-16(2)15-9/h5,7H,3-4,6,8,11H2,1-2H3,(H2,12,13,14). The fourth-order valence-electron chi connectivity index (χ4n) is 1.24. The van der Waals surface area contributed by atoms with Gasteiger partial charge in [-0.1, -0.05) is 13.3 Å². The number of nitrogens with one attached hydrogen (secondary N) is 2. The molecule has 1 aromatic heterocycles. The highest BCUT2D eigenvalue weighted by Gasteiger charge is 1.97. The van der Waals surface area contributed by atoms with Gasteiger partial charge in [-0.25, -0.2) is 10.8 Å². The Hall–Kier alpha value is -1.56. The zero-order valence-corrected chi connectivity index (χ0v) is 9.90. The number of unbranched alkanes of at least 4 members (excludes halogenated alkanes) is 1. The smallest absolute Gasteiger partial charge is 0.206 e. The van der Waals surface area contributed by atoms with Crippen LogP contribution in [0, 0.1) is 0 Å². The third-order valence-corrected chi connectivity index (χ3v) is 2.13. The number of rotatable bonds is 5. The van der Waals surface area contributed by atoms with Crippen LogP contribution >= 0.6 is 0 Å². The third kappa shape index (κ3) is 4.31. The van der Waals surface area contributed by atoms with E-state index >= 15 is 0 Å². The molecule has 1 aromatic rings. The van der Waals surface area contributed by atoms with Crippen molar-refractivity contribution in [3.05, 3.63) is 18.0 Å². The molecule has 0 amide bonds. The van der Waals surface area contributed by atoms with Crippen molar-refractivity contribution >= 4 is 5.96 Å². The number of guanidine groups is 1. The third-order valence-electron chi connectivity index (χ3n) is 2.13. The second-order valence-electron chi connectivity index (χ2n) is 3.57. The Bertz CT molecular complexity index is 330. The van der Waals surface area contributed by atoms with E-state index < -0.39 is 0 Å². The van der Waals surface area contributed by atoms with Crippen LogP contribution in [-0.4, -0.2) is 22.3 Å². The normalized spacial score (nSPS) is 11.6. The molecule has 0 atom stereocenters. The first kappa shape index (κ1) is 12.5. The number of aliphatic imine (C=N–C) groups is 1. The lowest BCUT2D eigenvalue weighted by atomic mass is 10.3. The molecular formula is C10H20N6. The van der Waals surface area contributed by atoms with E-state index in [0.717, 1.165) is 25.1 Å². The molecule has 0 aromatic carbocycles. The van der Waals surface area contributed by atoms with Gasteiger partial charge in [-0.05, 0) is 12.5 Å². The van der Waals surface area contributed by atoms with Gasteiger partial charge >= 0.3 is 0 Å². The van der Waals surface area contributed by atoms with Gasteiger partial charge in [0.15, 0.2) is 0 Å². The summed E-state index contributed by atoms with van der Waals surface area (Å²) >= 11 is 0. The fourth-order valence-corrected chi connectivity index (χ4v) is 1.24. The van der Waals surface area contributed by atoms with Crippen molar-refractivity contribution in [1.29, 1.82) is 0 Å². The Labute approximate surface area is 95.9 Å². The molecule has 0 aliphatic heterocycles. The van der Waals surface area contributed by atoms with E-state index in [-0.39, 0.29) is 0 Å². The van der Waals surface area contributed by atoms with Gasteiger partial charge in [-0.2, -0.15) is 5.10 Å². The van der Waals surface area contributed by atoms with Crippen LogP contribution in [0.3, 0.4) is 0 Å². The maximum absolute atomic E-state index is 5.36. The van der Waals surface area contributed by atoms with E-state index in [9.17, 15) is 0 Å². The molecule has 4 N–H and O–H groups in total. The van der Waals surface area contributed by atoms with Crippen molar-refractivity contribution < 1.29 is 0 Å². The van der Waals surface area contributed by atoms with Gasteiger partial charge in [-0.3, -0.25) is 10.1 Å². The molecule has 0 saturated heterocycles. The molecule has 0 aliphatic carbocycles. The van der Waals surface area contributed by atoms with Crippen LogP contribution in [0.5, 0.6) is 0 Å². The maximum Gasteiger partial charge on any atom is 0.206 e. The van der Waals surface area contributed by atoms with Gasteiger partial charge in [0.05, 0.1) is 12.2 Å². The summed E-state index contributed by atoms with van der Waals surface area (Å²) in [5, 5.41) is 7.35. The Morgan fingerprint density at radius 1 is 1.62 bits per heavy atom. The molecule has 0 spiro atoms. The molecule has 0 unspecified atom stereocenters. The Balaban J connectivity index is 2.40. The quantitative estimate of drug-likeness (QED) is 0.218. The van der Waals surface area contributed by atoms with Crippen molar-refractivity contribution in [2.24, 2.45) is 17.9 Å². The van der Waals surface area contributed by atoms with Crippen LogP contribution < -0.4 is 16.6 Å². The summed E-state index contributed by atoms with van der Waals surface area (Å²) in [6, 6.07) is 1.93. The first-order valence-electron chi connectivity index (χ1n) is 5.49. The fraction of sp³-hybridized carbons (Fsp3) is 0.600. The molecule has 0 fully saturated rings. The number of hydrazine groups is 1. The van der Waals surface area contributed by atoms with Crippen LogP contribution in [0.4, 0.5) is 0 Å². The average molecular weight is 224 g/mol. The van der Waals surface area contributed by atoms with Crippen molar-refractivity contribution in [2.75, 3.05) is 6.54 Å². The van der Waals surface area contributed by atoms with Crippen LogP contribution in [0.25, 0.3) is 0 Å². The highest BCUT2D eigenvalue weighted by molar-refractivity contribution is 5.79. The molecule has 0 saturated carbocycles. The lowest BCUT2D eigenvalue weighted by molar-refractivity contribution is 0.723. The zero-order chi connectivity index (χ0) is 11.8. The van der Waals surface area contributed by atoms with Gasteiger partial charge in [-0.15, -0.1) is 0 Å². The number of nitrogens with zero attached hydrogens (tertiary/aromatic N) is 3. The van der Waals surface area contributed by atoms with E-state index in [4.69, 9.17) is 5.84 Å². The Morgan fingerprint density at radius 2 is 2.44 bits per heavy atom. The molecule has 0 radical (unpaired) electrons. The van der Waals surface area contributed by atoms with Crippen LogP contribution in [0.1, 0.15) is 25.5 Å². The molecule has 16 heavy (non-hydrogen) atoms. The topological polar surface area (TPSA) is 80.3 Å². The lowest BCUT2D eigenvalue weighted by Crippen LogP contribution is -2.42. The van der Waals surface area contributed by atoms with E-state index in [1.54, 1.807) is 4.68 Å². The number of hydrogen-bond acceptors (Lipinski definition) is 3. The van der Waals surface area contributed by atoms with Gasteiger partial charge in [0.25, 0.3) is 0 Å². The minimum absolute atomic E-state index is 0.527. The van der Waals surface area contributed by atoms with Crippen molar-refractivity contribution in [2.45, 2.75) is 26.3 Å². The number of aryl methyl sites for hydroxylation is 1. The van der Waals surface area contributed by atoms with E-state index in [2.05, 4.69) is 27.8 Å². The predicted molar refractivity (Wildman–Crippen MR) is 64.6 cm³/mol.